The Morgan fingerprint density at radius 2 is 2.05 bits per heavy atom. The topological polar surface area (TPSA) is 27.3 Å². The van der Waals surface area contributed by atoms with Crippen molar-refractivity contribution < 1.29 is 0 Å². The monoisotopic (exact) mass is 261 g/mol. The molecule has 0 bridgehead atoms. The van der Waals surface area contributed by atoms with Crippen molar-refractivity contribution in [1.82, 2.24) is 10.2 Å². The smallest absolute Gasteiger partial charge is 0.0373 e. The van der Waals surface area contributed by atoms with Crippen LogP contribution in [0.25, 0.3) is 0 Å². The summed E-state index contributed by atoms with van der Waals surface area (Å²) in [5.74, 6) is 0. The van der Waals surface area contributed by atoms with Gasteiger partial charge < -0.3 is 15.5 Å². The number of hydrogen-bond acceptors (Lipinski definition) is 3. The first kappa shape index (κ1) is 14.4. The predicted molar refractivity (Wildman–Crippen MR) is 83.0 cm³/mol. The fourth-order valence-corrected chi connectivity index (χ4v) is 2.65. The molecule has 106 valence electrons. The van der Waals surface area contributed by atoms with Crippen LogP contribution >= 0.6 is 0 Å². The number of nitrogens with zero attached hydrogens (tertiary/aromatic N) is 1. The minimum Gasteiger partial charge on any atom is -0.384 e. The van der Waals surface area contributed by atoms with Gasteiger partial charge >= 0.3 is 0 Å². The van der Waals surface area contributed by atoms with Gasteiger partial charge in [0, 0.05) is 25.3 Å². The fourth-order valence-electron chi connectivity index (χ4n) is 2.65. The van der Waals surface area contributed by atoms with Crippen LogP contribution in [0.15, 0.2) is 18.2 Å². The molecule has 3 heteroatoms. The average Bonchev–Trinajstić information content (AvgIpc) is 2.90. The lowest BCUT2D eigenvalue weighted by Gasteiger charge is -2.18. The molecule has 0 unspecified atom stereocenters. The Morgan fingerprint density at radius 3 is 2.84 bits per heavy atom. The van der Waals surface area contributed by atoms with Crippen LogP contribution in [0.4, 0.5) is 5.69 Å². The van der Waals surface area contributed by atoms with Gasteiger partial charge in [-0.05, 0) is 49.7 Å². The summed E-state index contributed by atoms with van der Waals surface area (Å²) in [5.41, 5.74) is 4.27. The van der Waals surface area contributed by atoms with E-state index in [1.807, 2.05) is 0 Å². The zero-order valence-electron chi connectivity index (χ0n) is 12.3. The third-order valence-electron chi connectivity index (χ3n) is 3.97. The molecule has 0 aliphatic carbocycles. The van der Waals surface area contributed by atoms with E-state index in [4.69, 9.17) is 0 Å². The first-order valence-corrected chi connectivity index (χ1v) is 7.62. The molecule has 0 aromatic heterocycles. The van der Waals surface area contributed by atoms with Crippen molar-refractivity contribution in [2.24, 2.45) is 0 Å². The molecule has 19 heavy (non-hydrogen) atoms. The minimum absolute atomic E-state index is 1.08. The number of rotatable bonds is 8. The van der Waals surface area contributed by atoms with Crippen LogP contribution in [0.5, 0.6) is 0 Å². The second-order valence-electron chi connectivity index (χ2n) is 5.20. The molecule has 1 heterocycles. The molecule has 3 nitrogen and oxygen atoms in total. The average molecular weight is 261 g/mol. The third-order valence-corrected chi connectivity index (χ3v) is 3.97. The van der Waals surface area contributed by atoms with Gasteiger partial charge in [0.05, 0.1) is 0 Å². The largest absolute Gasteiger partial charge is 0.384 e. The van der Waals surface area contributed by atoms with Crippen molar-refractivity contribution in [1.29, 1.82) is 0 Å². The Morgan fingerprint density at radius 1 is 1.21 bits per heavy atom. The number of benzene rings is 1. The first-order chi connectivity index (χ1) is 9.33. The zero-order valence-corrected chi connectivity index (χ0v) is 12.3. The van der Waals surface area contributed by atoms with Crippen LogP contribution in [0.2, 0.25) is 0 Å². The number of hydrogen-bond donors (Lipinski definition) is 2. The molecular formula is C16H27N3. The van der Waals surface area contributed by atoms with Gasteiger partial charge in [0.15, 0.2) is 0 Å². The summed E-state index contributed by atoms with van der Waals surface area (Å²) in [7, 11) is 0. The van der Waals surface area contributed by atoms with Gasteiger partial charge in [-0.2, -0.15) is 0 Å². The van der Waals surface area contributed by atoms with Gasteiger partial charge in [-0.25, -0.2) is 0 Å². The van der Waals surface area contributed by atoms with Gasteiger partial charge in [0.1, 0.15) is 0 Å². The van der Waals surface area contributed by atoms with Gasteiger partial charge in [-0.1, -0.05) is 26.0 Å². The molecular weight excluding hydrogens is 234 g/mol. The van der Waals surface area contributed by atoms with E-state index < -0.39 is 0 Å². The molecule has 0 spiro atoms. The lowest BCUT2D eigenvalue weighted by atomic mass is 10.1. The SMILES string of the molecule is CCN(CC)CCNCCc1ccc2c(c1)CCN2. The number of likely N-dealkylation sites (N-methyl/N-ethyl adjacent to an activating group) is 1. The number of fused-ring (bicyclic) bond motifs is 1. The van der Waals surface area contributed by atoms with E-state index in [1.165, 1.54) is 23.2 Å². The zero-order chi connectivity index (χ0) is 13.5. The summed E-state index contributed by atoms with van der Waals surface area (Å²) >= 11 is 0. The summed E-state index contributed by atoms with van der Waals surface area (Å²) in [4.78, 5) is 2.45. The highest BCUT2D eigenvalue weighted by Crippen LogP contribution is 2.22. The normalized spacial score (nSPS) is 13.6. The van der Waals surface area contributed by atoms with Crippen molar-refractivity contribution in [3.05, 3.63) is 29.3 Å². The molecule has 0 fully saturated rings. The van der Waals surface area contributed by atoms with Crippen LogP contribution in [-0.4, -0.2) is 44.2 Å². The van der Waals surface area contributed by atoms with Crippen molar-refractivity contribution >= 4 is 5.69 Å². The number of anilines is 1. The van der Waals surface area contributed by atoms with Crippen LogP contribution in [0.1, 0.15) is 25.0 Å². The maximum atomic E-state index is 3.54. The molecule has 1 aromatic rings. The van der Waals surface area contributed by atoms with E-state index in [2.05, 4.69) is 47.6 Å². The molecule has 2 N–H and O–H groups in total. The second kappa shape index (κ2) is 7.51. The Bertz CT molecular complexity index is 386. The van der Waals surface area contributed by atoms with Gasteiger partial charge in [-0.15, -0.1) is 0 Å². The van der Waals surface area contributed by atoms with E-state index in [9.17, 15) is 0 Å². The number of nitrogens with one attached hydrogen (secondary N) is 2. The summed E-state index contributed by atoms with van der Waals surface area (Å²) in [6.07, 6.45) is 2.31. The van der Waals surface area contributed by atoms with Crippen molar-refractivity contribution in [2.75, 3.05) is 44.6 Å². The molecule has 0 saturated heterocycles. The molecule has 0 amide bonds. The molecule has 0 atom stereocenters. The Labute approximate surface area is 117 Å². The first-order valence-electron chi connectivity index (χ1n) is 7.62. The molecule has 1 aliphatic rings. The third kappa shape index (κ3) is 4.22. The lowest BCUT2D eigenvalue weighted by Crippen LogP contribution is -2.32. The van der Waals surface area contributed by atoms with Crippen LogP contribution in [0.3, 0.4) is 0 Å². The van der Waals surface area contributed by atoms with Crippen LogP contribution in [0, 0.1) is 0 Å². The minimum atomic E-state index is 1.08. The fraction of sp³-hybridized carbons (Fsp3) is 0.625. The summed E-state index contributed by atoms with van der Waals surface area (Å²) in [6, 6.07) is 6.85. The highest BCUT2D eigenvalue weighted by Gasteiger charge is 2.09. The summed E-state index contributed by atoms with van der Waals surface area (Å²) < 4.78 is 0. The standard InChI is InChI=1S/C16H27N3/c1-3-19(4-2)12-11-17-9-7-14-5-6-16-15(13-14)8-10-18-16/h5-6,13,17-18H,3-4,7-12H2,1-2H3. The quantitative estimate of drug-likeness (QED) is 0.702. The van der Waals surface area contributed by atoms with Crippen LogP contribution in [-0.2, 0) is 12.8 Å². The van der Waals surface area contributed by atoms with E-state index in [0.29, 0.717) is 0 Å². The van der Waals surface area contributed by atoms with Gasteiger partial charge in [0.2, 0.25) is 0 Å². The Kier molecular flexibility index (Phi) is 5.67. The van der Waals surface area contributed by atoms with E-state index in [-0.39, 0.29) is 0 Å². The Hall–Kier alpha value is -1.06. The van der Waals surface area contributed by atoms with Crippen LogP contribution < -0.4 is 10.6 Å². The van der Waals surface area contributed by atoms with Crippen molar-refractivity contribution in [3.63, 3.8) is 0 Å². The molecule has 0 radical (unpaired) electrons. The highest BCUT2D eigenvalue weighted by molar-refractivity contribution is 5.56. The molecule has 2 rings (SSSR count). The van der Waals surface area contributed by atoms with E-state index >= 15 is 0 Å². The maximum absolute atomic E-state index is 3.54. The van der Waals surface area contributed by atoms with Gasteiger partial charge in [0.25, 0.3) is 0 Å². The van der Waals surface area contributed by atoms with Crippen molar-refractivity contribution in [3.8, 4) is 0 Å². The predicted octanol–water partition coefficient (Wildman–Crippen LogP) is 2.13. The maximum Gasteiger partial charge on any atom is 0.0373 e. The summed E-state index contributed by atoms with van der Waals surface area (Å²) in [6.45, 7) is 11.2. The second-order valence-corrected chi connectivity index (χ2v) is 5.20. The van der Waals surface area contributed by atoms with Gasteiger partial charge in [-0.3, -0.25) is 0 Å². The Balaban J connectivity index is 1.66. The van der Waals surface area contributed by atoms with E-state index in [0.717, 1.165) is 45.7 Å². The lowest BCUT2D eigenvalue weighted by molar-refractivity contribution is 0.303. The molecule has 1 aromatic carbocycles. The van der Waals surface area contributed by atoms with E-state index in [1.54, 1.807) is 0 Å². The summed E-state index contributed by atoms with van der Waals surface area (Å²) in [5, 5.41) is 6.95. The molecule has 1 aliphatic heterocycles. The highest BCUT2D eigenvalue weighted by atomic mass is 15.1. The van der Waals surface area contributed by atoms with Crippen molar-refractivity contribution in [2.45, 2.75) is 26.7 Å². The molecule has 0 saturated carbocycles.